The molecule has 1 atom stereocenters. The van der Waals surface area contributed by atoms with Gasteiger partial charge in [-0.2, -0.15) is 5.26 Å². The van der Waals surface area contributed by atoms with Crippen LogP contribution in [0.3, 0.4) is 0 Å². The summed E-state index contributed by atoms with van der Waals surface area (Å²) >= 11 is 6.05. The van der Waals surface area contributed by atoms with Gasteiger partial charge in [0.2, 0.25) is 0 Å². The van der Waals surface area contributed by atoms with Gasteiger partial charge >= 0.3 is 6.03 Å². The van der Waals surface area contributed by atoms with E-state index < -0.39 is 0 Å². The highest BCUT2D eigenvalue weighted by atomic mass is 35.5. The Morgan fingerprint density at radius 3 is 2.92 bits per heavy atom. The van der Waals surface area contributed by atoms with Gasteiger partial charge in [0.15, 0.2) is 0 Å². The molecule has 2 aromatic carbocycles. The van der Waals surface area contributed by atoms with Gasteiger partial charge in [-0.15, -0.1) is 0 Å². The Hall–Kier alpha value is -2.91. The minimum absolute atomic E-state index is 0.185. The first-order chi connectivity index (χ1) is 12.1. The number of ether oxygens (including phenoxy) is 2. The third-order valence-corrected chi connectivity index (χ3v) is 4.14. The highest BCUT2D eigenvalue weighted by molar-refractivity contribution is 6.32. The maximum Gasteiger partial charge on any atom is 0.319 e. The molecule has 128 valence electrons. The van der Waals surface area contributed by atoms with Gasteiger partial charge in [0.25, 0.3) is 0 Å². The number of benzene rings is 2. The number of nitrogens with one attached hydrogen (secondary N) is 2. The number of anilines is 1. The van der Waals surface area contributed by atoms with Gasteiger partial charge in [-0.1, -0.05) is 11.6 Å². The molecule has 1 aliphatic heterocycles. The summed E-state index contributed by atoms with van der Waals surface area (Å²) < 4.78 is 10.7. The summed E-state index contributed by atoms with van der Waals surface area (Å²) in [7, 11) is 1.53. The molecular formula is C18H16ClN3O3. The van der Waals surface area contributed by atoms with Gasteiger partial charge in [-0.3, -0.25) is 0 Å². The van der Waals surface area contributed by atoms with Crippen LogP contribution in [0.4, 0.5) is 10.5 Å². The number of rotatable bonds is 3. The van der Waals surface area contributed by atoms with Crippen LogP contribution < -0.4 is 20.1 Å². The van der Waals surface area contributed by atoms with Crippen LogP contribution in [-0.4, -0.2) is 25.8 Å². The average Bonchev–Trinajstić information content (AvgIpc) is 2.61. The Morgan fingerprint density at radius 2 is 2.20 bits per heavy atom. The number of fused-ring (bicyclic) bond motifs is 1. The number of amides is 2. The number of carbonyl (C=O) groups excluding carboxylic acids is 1. The zero-order valence-electron chi connectivity index (χ0n) is 13.5. The molecule has 0 saturated heterocycles. The zero-order valence-corrected chi connectivity index (χ0v) is 14.3. The highest BCUT2D eigenvalue weighted by Crippen LogP contribution is 2.28. The smallest absolute Gasteiger partial charge is 0.319 e. The first-order valence-corrected chi connectivity index (χ1v) is 8.03. The average molecular weight is 358 g/mol. The summed E-state index contributed by atoms with van der Waals surface area (Å²) in [5, 5.41) is 15.0. The van der Waals surface area contributed by atoms with E-state index >= 15 is 0 Å². The number of nitrogens with zero attached hydrogens (tertiary/aromatic N) is 1. The Kier molecular flexibility index (Phi) is 4.96. The molecule has 3 rings (SSSR count). The largest absolute Gasteiger partial charge is 0.495 e. The van der Waals surface area contributed by atoms with Crippen molar-refractivity contribution in [2.24, 2.45) is 0 Å². The van der Waals surface area contributed by atoms with Gasteiger partial charge in [0, 0.05) is 5.69 Å². The Morgan fingerprint density at radius 1 is 1.36 bits per heavy atom. The molecule has 0 spiro atoms. The fourth-order valence-corrected chi connectivity index (χ4v) is 2.91. The molecular weight excluding hydrogens is 342 g/mol. The van der Waals surface area contributed by atoms with Crippen molar-refractivity contribution in [3.05, 3.63) is 52.5 Å². The van der Waals surface area contributed by atoms with E-state index in [0.29, 0.717) is 35.1 Å². The minimum atomic E-state index is -0.352. The van der Waals surface area contributed by atoms with Crippen molar-refractivity contribution in [3.8, 4) is 17.6 Å². The van der Waals surface area contributed by atoms with Crippen molar-refractivity contribution in [1.82, 2.24) is 5.32 Å². The van der Waals surface area contributed by atoms with Crippen molar-refractivity contribution >= 4 is 23.3 Å². The SMILES string of the molecule is COc1ccc(NC(=O)NC2COc3ccc(C#N)cc3C2)cc1Cl. The Balaban J connectivity index is 1.62. The Labute approximate surface area is 150 Å². The number of hydrogen-bond acceptors (Lipinski definition) is 4. The second-order valence-corrected chi connectivity index (χ2v) is 6.00. The van der Waals surface area contributed by atoms with Gasteiger partial charge in [-0.05, 0) is 48.4 Å². The third-order valence-electron chi connectivity index (χ3n) is 3.84. The lowest BCUT2D eigenvalue weighted by Gasteiger charge is -2.26. The molecule has 6 nitrogen and oxygen atoms in total. The number of methoxy groups -OCH3 is 1. The van der Waals surface area contributed by atoms with E-state index in [9.17, 15) is 4.79 Å². The third kappa shape index (κ3) is 3.95. The molecule has 1 aliphatic rings. The zero-order chi connectivity index (χ0) is 17.8. The summed E-state index contributed by atoms with van der Waals surface area (Å²) in [6.45, 7) is 0.371. The van der Waals surface area contributed by atoms with E-state index in [0.717, 1.165) is 11.3 Å². The van der Waals surface area contributed by atoms with Gasteiger partial charge < -0.3 is 20.1 Å². The number of hydrogen-bond donors (Lipinski definition) is 2. The lowest BCUT2D eigenvalue weighted by atomic mass is 10.0. The molecule has 1 unspecified atom stereocenters. The van der Waals surface area contributed by atoms with Crippen LogP contribution in [0.25, 0.3) is 0 Å². The monoisotopic (exact) mass is 357 g/mol. The van der Waals surface area contributed by atoms with E-state index in [2.05, 4.69) is 16.7 Å². The summed E-state index contributed by atoms with van der Waals surface area (Å²) in [6.07, 6.45) is 0.599. The molecule has 2 aromatic rings. The maximum absolute atomic E-state index is 12.2. The molecule has 2 amide bonds. The van der Waals surface area contributed by atoms with Crippen LogP contribution in [-0.2, 0) is 6.42 Å². The van der Waals surface area contributed by atoms with Crippen LogP contribution in [0.5, 0.6) is 11.5 Å². The van der Waals surface area contributed by atoms with E-state index in [1.54, 1.807) is 36.4 Å². The van der Waals surface area contributed by atoms with Crippen LogP contribution in [0, 0.1) is 11.3 Å². The van der Waals surface area contributed by atoms with Gasteiger partial charge in [0.1, 0.15) is 18.1 Å². The quantitative estimate of drug-likeness (QED) is 0.882. The molecule has 25 heavy (non-hydrogen) atoms. The number of nitriles is 1. The van der Waals surface area contributed by atoms with Crippen molar-refractivity contribution < 1.29 is 14.3 Å². The molecule has 0 radical (unpaired) electrons. The molecule has 2 N–H and O–H groups in total. The molecule has 0 aliphatic carbocycles. The molecule has 0 aromatic heterocycles. The first kappa shape index (κ1) is 16.9. The topological polar surface area (TPSA) is 83.4 Å². The number of halogens is 1. The van der Waals surface area contributed by atoms with Crippen molar-refractivity contribution in [3.63, 3.8) is 0 Å². The summed E-state index contributed by atoms with van der Waals surface area (Å²) in [4.78, 5) is 12.2. The van der Waals surface area contributed by atoms with Crippen molar-refractivity contribution in [2.45, 2.75) is 12.5 Å². The van der Waals surface area contributed by atoms with E-state index in [1.807, 2.05) is 0 Å². The van der Waals surface area contributed by atoms with Crippen LogP contribution in [0.2, 0.25) is 5.02 Å². The van der Waals surface area contributed by atoms with Crippen LogP contribution in [0.15, 0.2) is 36.4 Å². The maximum atomic E-state index is 12.2. The minimum Gasteiger partial charge on any atom is -0.495 e. The summed E-state index contributed by atoms with van der Waals surface area (Å²) in [6, 6.07) is 11.8. The first-order valence-electron chi connectivity index (χ1n) is 7.66. The fraction of sp³-hybridized carbons (Fsp3) is 0.222. The number of carbonyl (C=O) groups is 1. The lowest BCUT2D eigenvalue weighted by molar-refractivity contribution is 0.222. The Bertz CT molecular complexity index is 848. The molecule has 0 bridgehead atoms. The van der Waals surface area contributed by atoms with Crippen molar-refractivity contribution in [2.75, 3.05) is 19.0 Å². The second-order valence-electron chi connectivity index (χ2n) is 5.59. The van der Waals surface area contributed by atoms with Gasteiger partial charge in [0.05, 0.1) is 29.8 Å². The van der Waals surface area contributed by atoms with E-state index in [-0.39, 0.29) is 12.1 Å². The van der Waals surface area contributed by atoms with E-state index in [4.69, 9.17) is 26.3 Å². The van der Waals surface area contributed by atoms with Crippen LogP contribution in [0.1, 0.15) is 11.1 Å². The molecule has 0 fully saturated rings. The lowest BCUT2D eigenvalue weighted by Crippen LogP contribution is -2.44. The standard InChI is InChI=1S/C18H16ClN3O3/c1-24-17-5-3-13(8-15(17)19)21-18(23)22-14-7-12-6-11(9-20)2-4-16(12)25-10-14/h2-6,8,14H,7,10H2,1H3,(H2,21,22,23). The van der Waals surface area contributed by atoms with Crippen LogP contribution >= 0.6 is 11.6 Å². The molecule has 0 saturated carbocycles. The summed E-state index contributed by atoms with van der Waals surface area (Å²) in [5.41, 5.74) is 2.04. The van der Waals surface area contributed by atoms with Crippen molar-refractivity contribution in [1.29, 1.82) is 5.26 Å². The predicted molar refractivity (Wildman–Crippen MR) is 94.3 cm³/mol. The highest BCUT2D eigenvalue weighted by Gasteiger charge is 2.22. The van der Waals surface area contributed by atoms with Gasteiger partial charge in [-0.25, -0.2) is 4.79 Å². The molecule has 7 heteroatoms. The molecule has 1 heterocycles. The fourth-order valence-electron chi connectivity index (χ4n) is 2.65. The normalized spacial score (nSPS) is 15.3. The summed E-state index contributed by atoms with van der Waals surface area (Å²) in [5.74, 6) is 1.29. The second kappa shape index (κ2) is 7.32. The predicted octanol–water partition coefficient (Wildman–Crippen LogP) is 3.35. The van der Waals surface area contributed by atoms with E-state index in [1.165, 1.54) is 7.11 Å². The number of urea groups is 1.